The van der Waals surface area contributed by atoms with Crippen LogP contribution in [0.5, 0.6) is 0 Å². The summed E-state index contributed by atoms with van der Waals surface area (Å²) in [7, 11) is -4.10. The number of sulfonamides is 1. The molecule has 0 radical (unpaired) electrons. The number of rotatable bonds is 13. The van der Waals surface area contributed by atoms with Gasteiger partial charge in [0.15, 0.2) is 11.4 Å². The number of alkyl carbamates (subject to hydrolysis) is 1. The van der Waals surface area contributed by atoms with E-state index < -0.39 is 59.1 Å². The number of alkyl halides is 2. The van der Waals surface area contributed by atoms with E-state index in [9.17, 15) is 27.1 Å². The van der Waals surface area contributed by atoms with Gasteiger partial charge in [-0.05, 0) is 49.9 Å². The Morgan fingerprint density at radius 1 is 1.15 bits per heavy atom. The van der Waals surface area contributed by atoms with Crippen molar-refractivity contribution in [3.8, 4) is 0 Å². The first kappa shape index (κ1) is 34.4. The van der Waals surface area contributed by atoms with Crippen molar-refractivity contribution >= 4 is 42.8 Å². The monoisotopic (exact) mass is 682 g/mol. The largest absolute Gasteiger partial charge is 0.443 e. The van der Waals surface area contributed by atoms with Gasteiger partial charge in [0.2, 0.25) is 10.0 Å². The van der Waals surface area contributed by atoms with E-state index in [-0.39, 0.29) is 43.0 Å². The molecular formula is C31H40F2N4O7S2. The van der Waals surface area contributed by atoms with E-state index in [1.807, 2.05) is 33.8 Å². The molecule has 0 bridgehead atoms. The highest BCUT2D eigenvalue weighted by molar-refractivity contribution is 7.89. The molecule has 1 amide bonds. The number of hydrogen-bond acceptors (Lipinski definition) is 10. The van der Waals surface area contributed by atoms with Crippen LogP contribution in [0.25, 0.3) is 10.2 Å². The van der Waals surface area contributed by atoms with E-state index in [0.717, 1.165) is 5.56 Å². The molecule has 0 aliphatic carbocycles. The maximum absolute atomic E-state index is 14.4. The Balaban J connectivity index is 1.36. The summed E-state index contributed by atoms with van der Waals surface area (Å²) in [6.07, 6.45) is -4.73. The van der Waals surface area contributed by atoms with Crippen molar-refractivity contribution in [1.29, 1.82) is 0 Å². The van der Waals surface area contributed by atoms with Crippen LogP contribution in [-0.2, 0) is 30.7 Å². The topological polar surface area (TPSA) is 139 Å². The van der Waals surface area contributed by atoms with Crippen LogP contribution in [0.3, 0.4) is 0 Å². The maximum Gasteiger partial charge on any atom is 0.407 e. The lowest BCUT2D eigenvalue weighted by atomic mass is 9.99. The fraction of sp³-hybridized carbons (Fsp3) is 0.548. The maximum atomic E-state index is 14.4. The third kappa shape index (κ3) is 7.94. The Morgan fingerprint density at radius 3 is 2.59 bits per heavy atom. The highest BCUT2D eigenvalue weighted by Crippen LogP contribution is 2.43. The molecule has 2 aliphatic heterocycles. The molecule has 1 aromatic heterocycles. The number of hydrogen-bond donors (Lipinski definition) is 3. The molecule has 3 aromatic rings. The number of anilines is 1. The average Bonchev–Trinajstić information content (AvgIpc) is 3.66. The zero-order valence-corrected chi connectivity index (χ0v) is 27.7. The molecule has 0 saturated carbocycles. The number of amides is 1. The first-order chi connectivity index (χ1) is 21.7. The number of fused-ring (bicyclic) bond motifs is 2. The first-order valence-electron chi connectivity index (χ1n) is 15.2. The van der Waals surface area contributed by atoms with E-state index in [0.29, 0.717) is 15.3 Å². The summed E-state index contributed by atoms with van der Waals surface area (Å²) in [4.78, 5) is 17.6. The number of nitrogens with zero attached hydrogens (tertiary/aromatic N) is 2. The van der Waals surface area contributed by atoms with E-state index in [4.69, 9.17) is 14.2 Å². The third-order valence-electron chi connectivity index (χ3n) is 7.74. The van der Waals surface area contributed by atoms with Gasteiger partial charge in [0.25, 0.3) is 5.92 Å². The normalized spacial score (nSPS) is 22.3. The standard InChI is InChI=1S/C31H40F2N4O7S2/c1-18(2)14-37(46(40,41)21-10-11-22-26(13-21)45-29(35-22)34-19(3)4)15-24(38)23(12-20-8-6-5-7-9-20)36-30(39)44-25-16-42-28-27(25)31(32,33)17-43-28/h5-11,13,18-19,23-25,27-28,38H,12,14-17H2,1-4H3,(H,34,35)(H,36,39)/t23-,24+,25-,27-,28-/m0/s1. The van der Waals surface area contributed by atoms with Crippen molar-refractivity contribution in [3.05, 3.63) is 54.1 Å². The lowest BCUT2D eigenvalue weighted by molar-refractivity contribution is -0.0953. The predicted octanol–water partition coefficient (Wildman–Crippen LogP) is 4.47. The SMILES string of the molecule is CC(C)CN(C[C@@H](O)[C@H](Cc1ccccc1)NC(=O)O[C@H]1CO[C@H]2OCC(F)(F)[C@H]21)S(=O)(=O)c1ccc2nc(NC(C)C)sc2c1. The summed E-state index contributed by atoms with van der Waals surface area (Å²) in [6, 6.07) is 12.9. The number of carbonyl (C=O) groups is 1. The smallest absolute Gasteiger partial charge is 0.407 e. The molecule has 2 aliphatic rings. The van der Waals surface area contributed by atoms with Crippen LogP contribution in [0, 0.1) is 11.8 Å². The molecule has 252 valence electrons. The minimum atomic E-state index is -4.10. The van der Waals surface area contributed by atoms with Gasteiger partial charge >= 0.3 is 6.09 Å². The van der Waals surface area contributed by atoms with Gasteiger partial charge in [-0.2, -0.15) is 4.31 Å². The van der Waals surface area contributed by atoms with Gasteiger partial charge in [-0.15, -0.1) is 0 Å². The van der Waals surface area contributed by atoms with Crippen molar-refractivity contribution in [2.24, 2.45) is 11.8 Å². The second-order valence-corrected chi connectivity index (χ2v) is 15.4. The Bertz CT molecular complexity index is 1610. The Kier molecular flexibility index (Phi) is 10.5. The molecule has 2 aromatic carbocycles. The lowest BCUT2D eigenvalue weighted by Crippen LogP contribution is -2.52. The van der Waals surface area contributed by atoms with Crippen LogP contribution in [-0.4, -0.2) is 91.7 Å². The molecule has 46 heavy (non-hydrogen) atoms. The molecule has 0 spiro atoms. The molecule has 5 rings (SSSR count). The Labute approximate surface area is 271 Å². The zero-order valence-electron chi connectivity index (χ0n) is 26.1. The fourth-order valence-electron chi connectivity index (χ4n) is 5.60. The lowest BCUT2D eigenvalue weighted by Gasteiger charge is -2.31. The zero-order chi connectivity index (χ0) is 33.2. The number of thiazole rings is 1. The second kappa shape index (κ2) is 14.0. The van der Waals surface area contributed by atoms with E-state index in [2.05, 4.69) is 15.6 Å². The van der Waals surface area contributed by atoms with Crippen LogP contribution < -0.4 is 10.6 Å². The quantitative estimate of drug-likeness (QED) is 0.238. The van der Waals surface area contributed by atoms with Gasteiger partial charge in [0.05, 0.1) is 33.9 Å². The Morgan fingerprint density at radius 2 is 1.89 bits per heavy atom. The summed E-state index contributed by atoms with van der Waals surface area (Å²) in [5, 5.41) is 18.0. The fourth-order valence-corrected chi connectivity index (χ4v) is 8.38. The summed E-state index contributed by atoms with van der Waals surface area (Å²) >= 11 is 1.35. The van der Waals surface area contributed by atoms with Crippen molar-refractivity contribution in [2.45, 2.75) is 75.5 Å². The summed E-state index contributed by atoms with van der Waals surface area (Å²) in [5.41, 5.74) is 1.42. The number of carbonyl (C=O) groups excluding carboxylic acids is 1. The molecule has 2 saturated heterocycles. The van der Waals surface area contributed by atoms with Crippen LogP contribution >= 0.6 is 11.3 Å². The first-order valence-corrected chi connectivity index (χ1v) is 17.5. The molecule has 2 fully saturated rings. The van der Waals surface area contributed by atoms with Crippen molar-refractivity contribution in [1.82, 2.24) is 14.6 Å². The average molecular weight is 683 g/mol. The summed E-state index contributed by atoms with van der Waals surface area (Å²) in [5.74, 6) is -4.77. The van der Waals surface area contributed by atoms with Crippen LogP contribution in [0.1, 0.15) is 33.3 Å². The minimum Gasteiger partial charge on any atom is -0.443 e. The summed E-state index contributed by atoms with van der Waals surface area (Å²) in [6.45, 7) is 6.36. The highest BCUT2D eigenvalue weighted by atomic mass is 32.2. The highest BCUT2D eigenvalue weighted by Gasteiger charge is 2.60. The number of halogens is 2. The predicted molar refractivity (Wildman–Crippen MR) is 169 cm³/mol. The van der Waals surface area contributed by atoms with E-state index >= 15 is 0 Å². The summed E-state index contributed by atoms with van der Waals surface area (Å²) < 4.78 is 74.3. The third-order valence-corrected chi connectivity index (χ3v) is 10.5. The second-order valence-electron chi connectivity index (χ2n) is 12.4. The number of benzene rings is 2. The van der Waals surface area contributed by atoms with Gasteiger partial charge < -0.3 is 30.0 Å². The van der Waals surface area contributed by atoms with Gasteiger partial charge in [-0.1, -0.05) is 55.5 Å². The molecule has 5 atom stereocenters. The molecule has 15 heteroatoms. The number of aromatic nitrogens is 1. The van der Waals surface area contributed by atoms with Gasteiger partial charge in [0.1, 0.15) is 18.6 Å². The molecule has 11 nitrogen and oxygen atoms in total. The van der Waals surface area contributed by atoms with E-state index in [1.54, 1.807) is 36.4 Å². The number of ether oxygens (including phenoxy) is 3. The van der Waals surface area contributed by atoms with Crippen molar-refractivity contribution < 1.29 is 41.3 Å². The van der Waals surface area contributed by atoms with Crippen LogP contribution in [0.4, 0.5) is 18.7 Å². The van der Waals surface area contributed by atoms with E-state index in [1.165, 1.54) is 21.7 Å². The Hall–Kier alpha value is -2.95. The number of aliphatic hydroxyl groups is 1. The molecule has 0 unspecified atom stereocenters. The minimum absolute atomic E-state index is 0.0510. The molecule has 3 N–H and O–H groups in total. The molecular weight excluding hydrogens is 642 g/mol. The van der Waals surface area contributed by atoms with Gasteiger partial charge in [0, 0.05) is 19.1 Å². The van der Waals surface area contributed by atoms with Crippen molar-refractivity contribution in [3.63, 3.8) is 0 Å². The number of aliphatic hydroxyl groups excluding tert-OH is 1. The van der Waals surface area contributed by atoms with Gasteiger partial charge in [-0.3, -0.25) is 0 Å². The van der Waals surface area contributed by atoms with Gasteiger partial charge in [-0.25, -0.2) is 27.0 Å². The van der Waals surface area contributed by atoms with Crippen LogP contribution in [0.2, 0.25) is 0 Å². The van der Waals surface area contributed by atoms with Crippen LogP contribution in [0.15, 0.2) is 53.4 Å². The van der Waals surface area contributed by atoms with Crippen molar-refractivity contribution in [2.75, 3.05) is 31.6 Å². The molecule has 3 heterocycles. The number of nitrogens with one attached hydrogen (secondary N) is 2.